The van der Waals surface area contributed by atoms with Crippen molar-refractivity contribution in [1.29, 1.82) is 0 Å². The van der Waals surface area contributed by atoms with Gasteiger partial charge >= 0.3 is 0 Å². The molecule has 1 aromatic heterocycles. The average Bonchev–Trinajstić information content (AvgIpc) is 2.76. The summed E-state index contributed by atoms with van der Waals surface area (Å²) in [7, 11) is 0. The Kier molecular flexibility index (Phi) is 4.57. The lowest BCUT2D eigenvalue weighted by atomic mass is 9.97. The van der Waals surface area contributed by atoms with Crippen molar-refractivity contribution in [3.05, 3.63) is 17.7 Å². The first-order valence-electron chi connectivity index (χ1n) is 6.71. The Morgan fingerprint density at radius 1 is 1.47 bits per heavy atom. The van der Waals surface area contributed by atoms with E-state index < -0.39 is 0 Å². The molecule has 1 aromatic rings. The van der Waals surface area contributed by atoms with Crippen LogP contribution in [0.1, 0.15) is 31.2 Å². The number of aryl methyl sites for hydroxylation is 1. The minimum Gasteiger partial charge on any atom is -0.348 e. The van der Waals surface area contributed by atoms with E-state index in [-0.39, 0.29) is 0 Å². The van der Waals surface area contributed by atoms with E-state index in [0.717, 1.165) is 24.7 Å². The first-order chi connectivity index (χ1) is 8.29. The number of likely N-dealkylation sites (tertiary alicyclic amines) is 1. The maximum absolute atomic E-state index is 4.30. The van der Waals surface area contributed by atoms with Crippen LogP contribution in [-0.4, -0.2) is 41.0 Å². The van der Waals surface area contributed by atoms with Gasteiger partial charge in [-0.1, -0.05) is 6.92 Å². The number of nitrogens with one attached hydrogen (secondary N) is 2. The summed E-state index contributed by atoms with van der Waals surface area (Å²) >= 11 is 0. The zero-order valence-electron chi connectivity index (χ0n) is 11.0. The molecule has 0 bridgehead atoms. The van der Waals surface area contributed by atoms with Crippen molar-refractivity contribution in [3.63, 3.8) is 0 Å². The van der Waals surface area contributed by atoms with E-state index in [1.165, 1.54) is 38.2 Å². The lowest BCUT2D eigenvalue weighted by molar-refractivity contribution is 0.190. The van der Waals surface area contributed by atoms with Crippen molar-refractivity contribution in [3.8, 4) is 0 Å². The lowest BCUT2D eigenvalue weighted by Gasteiger charge is -2.31. The van der Waals surface area contributed by atoms with Crippen LogP contribution in [0.5, 0.6) is 0 Å². The molecule has 1 saturated heterocycles. The van der Waals surface area contributed by atoms with Gasteiger partial charge in [-0.2, -0.15) is 0 Å². The molecule has 2 rings (SSSR count). The second kappa shape index (κ2) is 6.17. The van der Waals surface area contributed by atoms with Crippen molar-refractivity contribution in [2.45, 2.75) is 33.2 Å². The molecule has 1 aliphatic heterocycles. The van der Waals surface area contributed by atoms with E-state index in [4.69, 9.17) is 0 Å². The molecule has 0 amide bonds. The van der Waals surface area contributed by atoms with Gasteiger partial charge in [-0.25, -0.2) is 4.98 Å². The fraction of sp³-hybridized carbons (Fsp3) is 0.769. The van der Waals surface area contributed by atoms with Crippen LogP contribution < -0.4 is 5.32 Å². The molecule has 1 fully saturated rings. The minimum atomic E-state index is 0.844. The van der Waals surface area contributed by atoms with E-state index in [1.807, 2.05) is 0 Å². The summed E-state index contributed by atoms with van der Waals surface area (Å²) in [4.78, 5) is 9.95. The van der Waals surface area contributed by atoms with Crippen LogP contribution in [0.15, 0.2) is 6.33 Å². The predicted molar refractivity (Wildman–Crippen MR) is 69.9 cm³/mol. The third-order valence-corrected chi connectivity index (χ3v) is 3.81. The molecule has 4 heteroatoms. The van der Waals surface area contributed by atoms with Gasteiger partial charge in [-0.15, -0.1) is 0 Å². The monoisotopic (exact) mass is 236 g/mol. The number of rotatable bonds is 5. The molecule has 0 atom stereocenters. The van der Waals surface area contributed by atoms with Crippen molar-refractivity contribution < 1.29 is 0 Å². The summed E-state index contributed by atoms with van der Waals surface area (Å²) in [5.41, 5.74) is 2.33. The second-order valence-electron chi connectivity index (χ2n) is 4.98. The smallest absolute Gasteiger partial charge is 0.0925 e. The molecular formula is C13H24N4. The number of nitrogens with zero attached hydrogens (tertiary/aromatic N) is 2. The zero-order chi connectivity index (χ0) is 12.1. The van der Waals surface area contributed by atoms with E-state index in [2.05, 4.69) is 34.0 Å². The molecule has 96 valence electrons. The molecule has 0 spiro atoms. The number of imidazole rings is 1. The van der Waals surface area contributed by atoms with Gasteiger partial charge in [-0.3, -0.25) is 0 Å². The lowest BCUT2D eigenvalue weighted by Crippen LogP contribution is -2.37. The number of piperidine rings is 1. The quantitative estimate of drug-likeness (QED) is 0.815. The van der Waals surface area contributed by atoms with Gasteiger partial charge < -0.3 is 15.2 Å². The summed E-state index contributed by atoms with van der Waals surface area (Å²) in [6.45, 7) is 10.1. The maximum Gasteiger partial charge on any atom is 0.0925 e. The van der Waals surface area contributed by atoms with Crippen molar-refractivity contribution in [2.75, 3.05) is 26.2 Å². The average molecular weight is 236 g/mol. The molecule has 1 aliphatic rings. The Morgan fingerprint density at radius 2 is 2.24 bits per heavy atom. The molecule has 4 nitrogen and oxygen atoms in total. The summed E-state index contributed by atoms with van der Waals surface area (Å²) < 4.78 is 0. The molecule has 0 aromatic carbocycles. The molecule has 2 N–H and O–H groups in total. The highest BCUT2D eigenvalue weighted by Crippen LogP contribution is 2.15. The minimum absolute atomic E-state index is 0.844. The Hall–Kier alpha value is -0.870. The van der Waals surface area contributed by atoms with Crippen LogP contribution in [0.25, 0.3) is 0 Å². The summed E-state index contributed by atoms with van der Waals surface area (Å²) in [5, 5.41) is 3.53. The van der Waals surface area contributed by atoms with Gasteiger partial charge in [0.2, 0.25) is 0 Å². The van der Waals surface area contributed by atoms with Crippen LogP contribution in [0, 0.1) is 12.8 Å². The number of hydrogen-bond donors (Lipinski definition) is 2. The van der Waals surface area contributed by atoms with Gasteiger partial charge in [0.25, 0.3) is 0 Å². The largest absolute Gasteiger partial charge is 0.348 e. The molecule has 0 radical (unpaired) electrons. The van der Waals surface area contributed by atoms with Gasteiger partial charge in [0.05, 0.1) is 12.0 Å². The van der Waals surface area contributed by atoms with Crippen LogP contribution >= 0.6 is 0 Å². The summed E-state index contributed by atoms with van der Waals surface area (Å²) in [6.07, 6.45) is 4.44. The van der Waals surface area contributed by atoms with E-state index >= 15 is 0 Å². The second-order valence-corrected chi connectivity index (χ2v) is 4.98. The molecule has 2 heterocycles. The molecule has 0 saturated carbocycles. The summed E-state index contributed by atoms with van der Waals surface area (Å²) in [5.74, 6) is 0.844. The zero-order valence-corrected chi connectivity index (χ0v) is 11.0. The first-order valence-corrected chi connectivity index (χ1v) is 6.71. The highest BCUT2D eigenvalue weighted by molar-refractivity contribution is 5.07. The number of H-pyrrole nitrogens is 1. The maximum atomic E-state index is 4.30. The van der Waals surface area contributed by atoms with E-state index in [0.29, 0.717) is 0 Å². The summed E-state index contributed by atoms with van der Waals surface area (Å²) in [6, 6.07) is 0. The number of aromatic nitrogens is 2. The first kappa shape index (κ1) is 12.6. The molecule has 17 heavy (non-hydrogen) atoms. The standard InChI is InChI=1S/C13H24N4/c1-3-17-6-4-12(5-7-17)8-14-9-13-11(2)15-10-16-13/h10,12,14H,3-9H2,1-2H3,(H,15,16). The Balaban J connectivity index is 1.65. The fourth-order valence-corrected chi connectivity index (χ4v) is 2.47. The SMILES string of the molecule is CCN1CCC(CNCc2nc[nH]c2C)CC1. The van der Waals surface area contributed by atoms with Crippen molar-refractivity contribution in [1.82, 2.24) is 20.2 Å². The highest BCUT2D eigenvalue weighted by Gasteiger charge is 2.17. The van der Waals surface area contributed by atoms with Gasteiger partial charge in [0, 0.05) is 12.2 Å². The highest BCUT2D eigenvalue weighted by atomic mass is 15.1. The van der Waals surface area contributed by atoms with Crippen LogP contribution in [-0.2, 0) is 6.54 Å². The molecule has 0 aliphatic carbocycles. The topological polar surface area (TPSA) is 44.0 Å². The Morgan fingerprint density at radius 3 is 2.82 bits per heavy atom. The predicted octanol–water partition coefficient (Wildman–Crippen LogP) is 1.54. The van der Waals surface area contributed by atoms with Crippen LogP contribution in [0.2, 0.25) is 0 Å². The number of hydrogen-bond acceptors (Lipinski definition) is 3. The Bertz CT molecular complexity index is 326. The third-order valence-electron chi connectivity index (χ3n) is 3.81. The van der Waals surface area contributed by atoms with Gasteiger partial charge in [0.1, 0.15) is 0 Å². The van der Waals surface area contributed by atoms with Crippen molar-refractivity contribution in [2.24, 2.45) is 5.92 Å². The Labute approximate surface area is 104 Å². The van der Waals surface area contributed by atoms with Crippen LogP contribution in [0.4, 0.5) is 0 Å². The van der Waals surface area contributed by atoms with Crippen LogP contribution in [0.3, 0.4) is 0 Å². The van der Waals surface area contributed by atoms with E-state index in [9.17, 15) is 0 Å². The third kappa shape index (κ3) is 3.54. The molecule has 0 unspecified atom stereocenters. The van der Waals surface area contributed by atoms with Gasteiger partial charge in [-0.05, 0) is 51.9 Å². The number of aromatic amines is 1. The normalized spacial score (nSPS) is 18.7. The van der Waals surface area contributed by atoms with E-state index in [1.54, 1.807) is 6.33 Å². The van der Waals surface area contributed by atoms with Crippen molar-refractivity contribution >= 4 is 0 Å². The molecular weight excluding hydrogens is 212 g/mol. The fourth-order valence-electron chi connectivity index (χ4n) is 2.47. The van der Waals surface area contributed by atoms with Gasteiger partial charge in [0.15, 0.2) is 0 Å².